The summed E-state index contributed by atoms with van der Waals surface area (Å²) in [5.41, 5.74) is 9.35. The van der Waals surface area contributed by atoms with Crippen molar-refractivity contribution < 1.29 is 33.8 Å². The van der Waals surface area contributed by atoms with Crippen LogP contribution in [0.15, 0.2) is 59.7 Å². The normalized spacial score (nSPS) is 22.4. The minimum absolute atomic E-state index is 0.0145. The highest BCUT2D eigenvalue weighted by molar-refractivity contribution is 5.96. The van der Waals surface area contributed by atoms with Gasteiger partial charge in [0.2, 0.25) is 11.8 Å². The van der Waals surface area contributed by atoms with E-state index in [9.17, 15) is 24.3 Å². The first-order chi connectivity index (χ1) is 28.7. The van der Waals surface area contributed by atoms with E-state index in [0.717, 1.165) is 63.8 Å². The molecule has 4 atom stereocenters. The quantitative estimate of drug-likeness (QED) is 0.132. The average molecular weight is 823 g/mol. The van der Waals surface area contributed by atoms with E-state index >= 15 is 0 Å². The molecule has 3 N–H and O–H groups in total. The molecule has 4 heterocycles. The highest BCUT2D eigenvalue weighted by atomic mass is 16.5. The van der Waals surface area contributed by atoms with E-state index < -0.39 is 41.3 Å². The van der Waals surface area contributed by atoms with Gasteiger partial charge in [0, 0.05) is 68.2 Å². The number of carbonyl (C=O) groups excluding carboxylic acids is 4. The number of phenolic OH excluding ortho intramolecular Hbond substituents is 1. The second kappa shape index (κ2) is 19.0. The SMILES string of the molecule is C=C/C(=C(\N=CC)[C@H](C)OC)c1c2c3cc(ccc3n1CC)-c1cc(O)cc(c1)C[C@H](NC(=O)[C@@H]1CCCCCN1C(C)=O)C(=O)N1CCC[C@H](N1)C(=O)OCC(C)(C)C2. The van der Waals surface area contributed by atoms with Crippen molar-refractivity contribution >= 4 is 46.4 Å². The van der Waals surface area contributed by atoms with Crippen molar-refractivity contribution in [2.24, 2.45) is 10.4 Å². The van der Waals surface area contributed by atoms with Gasteiger partial charge in [-0.2, -0.15) is 0 Å². The summed E-state index contributed by atoms with van der Waals surface area (Å²) in [6.07, 6.45) is 7.82. The van der Waals surface area contributed by atoms with Gasteiger partial charge in [-0.15, -0.1) is 0 Å². The van der Waals surface area contributed by atoms with E-state index in [-0.39, 0.29) is 30.8 Å². The molecule has 2 aromatic carbocycles. The number of esters is 1. The summed E-state index contributed by atoms with van der Waals surface area (Å²) in [6.45, 7) is 17.3. The Morgan fingerprint density at radius 2 is 1.88 bits per heavy atom. The molecule has 3 aliphatic rings. The van der Waals surface area contributed by atoms with E-state index in [2.05, 4.69) is 54.8 Å². The molecule has 0 saturated carbocycles. The predicted octanol–water partition coefficient (Wildman–Crippen LogP) is 6.50. The van der Waals surface area contributed by atoms with Crippen molar-refractivity contribution in [1.29, 1.82) is 0 Å². The molecule has 3 aromatic rings. The third-order valence-corrected chi connectivity index (χ3v) is 12.0. The fraction of sp³-hybridized carbons (Fsp3) is 0.511. The maximum absolute atomic E-state index is 14.5. The number of carbonyl (C=O) groups is 4. The number of aliphatic imine (C=N–C) groups is 1. The van der Waals surface area contributed by atoms with Crippen LogP contribution in [0, 0.1) is 5.41 Å². The standard InChI is InChI=1S/C47H62N6O7/c1-9-35(42(48-10-2)29(4)59-8)43-37-27-47(6,7)28-60-46(58)38-16-15-21-53(50-38)45(57)39(49-44(56)41-17-13-12-14-20-52(41)30(5)54)24-31-22-33(25-34(55)23-31)32-18-19-40(36(37)26-32)51(43)11-3/h9-10,18-19,22-23,25-26,29,38-39,41,50,55H,1,11-17,20-21,24,27-28H2,2-8H3,(H,49,56)/b42-35+,48-10?/t29-,38-,39-,41-/m0/s1. The van der Waals surface area contributed by atoms with Crippen molar-refractivity contribution in [2.45, 2.75) is 124 Å². The van der Waals surface area contributed by atoms with Crippen LogP contribution in [0.3, 0.4) is 0 Å². The van der Waals surface area contributed by atoms with Crippen molar-refractivity contribution in [2.75, 3.05) is 26.8 Å². The van der Waals surface area contributed by atoms with Gasteiger partial charge in [-0.1, -0.05) is 51.5 Å². The number of aryl methyl sites for hydroxylation is 1. The lowest BCUT2D eigenvalue weighted by atomic mass is 9.84. The zero-order chi connectivity index (χ0) is 43.3. The van der Waals surface area contributed by atoms with Crippen LogP contribution in [0.25, 0.3) is 27.6 Å². The van der Waals surface area contributed by atoms with Gasteiger partial charge >= 0.3 is 5.97 Å². The zero-order valence-electron chi connectivity index (χ0n) is 36.3. The molecule has 60 heavy (non-hydrogen) atoms. The van der Waals surface area contributed by atoms with Crippen LogP contribution < -0.4 is 10.7 Å². The number of amides is 3. The molecule has 3 aliphatic heterocycles. The summed E-state index contributed by atoms with van der Waals surface area (Å²) < 4.78 is 14.2. The fourth-order valence-electron chi connectivity index (χ4n) is 9.01. The number of nitrogens with zero attached hydrogens (tertiary/aromatic N) is 4. The minimum atomic E-state index is -1.07. The third-order valence-electron chi connectivity index (χ3n) is 12.0. The number of hydrogen-bond donors (Lipinski definition) is 3. The van der Waals surface area contributed by atoms with Crippen LogP contribution in [-0.2, 0) is 48.0 Å². The summed E-state index contributed by atoms with van der Waals surface area (Å²) in [5, 5.41) is 16.6. The Labute approximate surface area is 353 Å². The number of allylic oxidation sites excluding steroid dienone is 2. The van der Waals surface area contributed by atoms with Crippen LogP contribution in [0.4, 0.5) is 0 Å². The first-order valence-electron chi connectivity index (χ1n) is 21.4. The summed E-state index contributed by atoms with van der Waals surface area (Å²) in [4.78, 5) is 61.5. The van der Waals surface area contributed by atoms with Gasteiger partial charge in [0.1, 0.15) is 23.9 Å². The summed E-state index contributed by atoms with van der Waals surface area (Å²) in [7, 11) is 1.66. The van der Waals surface area contributed by atoms with Gasteiger partial charge in [0.05, 0.1) is 24.1 Å². The maximum Gasteiger partial charge on any atom is 0.324 e. The van der Waals surface area contributed by atoms with Crippen LogP contribution in [0.2, 0.25) is 0 Å². The number of aromatic nitrogens is 1. The minimum Gasteiger partial charge on any atom is -0.508 e. The molecule has 3 amide bonds. The number of aromatic hydroxyl groups is 1. The number of methoxy groups -OCH3 is 1. The fourth-order valence-corrected chi connectivity index (χ4v) is 9.01. The highest BCUT2D eigenvalue weighted by Gasteiger charge is 2.37. The summed E-state index contributed by atoms with van der Waals surface area (Å²) in [6, 6.07) is 8.92. The Balaban J connectivity index is 1.53. The highest BCUT2D eigenvalue weighted by Crippen LogP contribution is 2.40. The molecule has 0 radical (unpaired) electrons. The third kappa shape index (κ3) is 9.52. The second-order valence-corrected chi connectivity index (χ2v) is 17.1. The van der Waals surface area contributed by atoms with Crippen LogP contribution in [0.5, 0.6) is 5.75 Å². The lowest BCUT2D eigenvalue weighted by molar-refractivity contribution is -0.155. The number of rotatable bonds is 8. The van der Waals surface area contributed by atoms with Crippen molar-refractivity contribution in [3.05, 3.63) is 71.6 Å². The molecule has 1 aromatic heterocycles. The van der Waals surface area contributed by atoms with Gasteiger partial charge in [-0.3, -0.25) is 29.2 Å². The number of hydrogen-bond acceptors (Lipinski definition) is 9. The van der Waals surface area contributed by atoms with E-state index in [1.54, 1.807) is 30.4 Å². The van der Waals surface area contributed by atoms with Gasteiger partial charge in [-0.05, 0) is 99.4 Å². The molecular weight excluding hydrogens is 761 g/mol. The lowest BCUT2D eigenvalue weighted by Gasteiger charge is -2.36. The monoisotopic (exact) mass is 822 g/mol. The summed E-state index contributed by atoms with van der Waals surface area (Å²) in [5.74, 6) is -1.46. The molecule has 2 fully saturated rings. The van der Waals surface area contributed by atoms with E-state index in [1.165, 1.54) is 11.9 Å². The van der Waals surface area contributed by atoms with Crippen LogP contribution in [-0.4, -0.2) is 101 Å². The number of benzene rings is 2. The first-order valence-corrected chi connectivity index (χ1v) is 21.4. The Bertz CT molecular complexity index is 2190. The predicted molar refractivity (Wildman–Crippen MR) is 234 cm³/mol. The van der Waals surface area contributed by atoms with Crippen molar-refractivity contribution in [3.8, 4) is 16.9 Å². The average Bonchev–Trinajstić information content (AvgIpc) is 3.34. The Kier molecular flexibility index (Phi) is 14.0. The number of phenols is 1. The second-order valence-electron chi connectivity index (χ2n) is 17.1. The van der Waals surface area contributed by atoms with Gasteiger partial charge in [-0.25, -0.2) is 5.43 Å². The molecule has 0 aliphatic carbocycles. The molecule has 13 heteroatoms. The Morgan fingerprint density at radius 3 is 2.58 bits per heavy atom. The molecule has 0 unspecified atom stereocenters. The number of cyclic esters (lactones) is 1. The number of ether oxygens (including phenoxy) is 2. The van der Waals surface area contributed by atoms with Crippen LogP contribution in [0.1, 0.15) is 96.9 Å². The van der Waals surface area contributed by atoms with Crippen LogP contribution >= 0.6 is 0 Å². The number of fused-ring (bicyclic) bond motifs is 6. The van der Waals surface area contributed by atoms with Gasteiger partial charge in [0.25, 0.3) is 5.91 Å². The topological polar surface area (TPSA) is 155 Å². The molecular formula is C47H62N6O7. The number of likely N-dealkylation sites (tertiary alicyclic amines) is 1. The van der Waals surface area contributed by atoms with E-state index in [4.69, 9.17) is 14.5 Å². The maximum atomic E-state index is 14.5. The molecule has 6 rings (SSSR count). The zero-order valence-corrected chi connectivity index (χ0v) is 36.3. The Morgan fingerprint density at radius 1 is 1.10 bits per heavy atom. The molecule has 13 nitrogen and oxygen atoms in total. The number of nitrogens with one attached hydrogen (secondary N) is 2. The van der Waals surface area contributed by atoms with Gasteiger partial charge < -0.3 is 29.4 Å². The Hall–Kier alpha value is -5.27. The molecule has 0 spiro atoms. The smallest absolute Gasteiger partial charge is 0.324 e. The van der Waals surface area contributed by atoms with Crippen molar-refractivity contribution in [3.63, 3.8) is 0 Å². The molecule has 6 bridgehead atoms. The largest absolute Gasteiger partial charge is 0.508 e. The van der Waals surface area contributed by atoms with Gasteiger partial charge in [0.15, 0.2) is 0 Å². The first kappa shape index (κ1) is 44.3. The molecule has 2 saturated heterocycles. The van der Waals surface area contributed by atoms with E-state index in [0.29, 0.717) is 50.9 Å². The van der Waals surface area contributed by atoms with Crippen molar-refractivity contribution in [1.82, 2.24) is 25.2 Å². The number of hydrazine groups is 1. The lowest BCUT2D eigenvalue weighted by Crippen LogP contribution is -2.61. The van der Waals surface area contributed by atoms with E-state index in [1.807, 2.05) is 32.1 Å². The molecule has 322 valence electrons. The summed E-state index contributed by atoms with van der Waals surface area (Å²) >= 11 is 0.